The fourth-order valence-corrected chi connectivity index (χ4v) is 3.37. The van der Waals surface area contributed by atoms with Crippen LogP contribution in [0.3, 0.4) is 0 Å². The number of urea groups is 1. The van der Waals surface area contributed by atoms with Gasteiger partial charge in [-0.2, -0.15) is 13.9 Å². The zero-order valence-corrected chi connectivity index (χ0v) is 11.7. The van der Waals surface area contributed by atoms with Crippen molar-refractivity contribution in [1.29, 1.82) is 0 Å². The van der Waals surface area contributed by atoms with Gasteiger partial charge in [0.15, 0.2) is 0 Å². The van der Waals surface area contributed by atoms with Gasteiger partial charge in [0, 0.05) is 12.5 Å². The zero-order chi connectivity index (χ0) is 15.4. The van der Waals surface area contributed by atoms with Gasteiger partial charge in [-0.25, -0.2) is 4.79 Å². The molecule has 2 aliphatic rings. The molecule has 0 radical (unpaired) electrons. The first-order valence-electron chi connectivity index (χ1n) is 7.06. The third-order valence-corrected chi connectivity index (χ3v) is 4.24. The van der Waals surface area contributed by atoms with Crippen molar-refractivity contribution in [2.75, 3.05) is 0 Å². The molecule has 1 aromatic heterocycles. The van der Waals surface area contributed by atoms with Crippen molar-refractivity contribution in [1.82, 2.24) is 14.7 Å². The Kier molecular flexibility index (Phi) is 3.16. The number of primary amides is 1. The van der Waals surface area contributed by atoms with Crippen LogP contribution in [0.1, 0.15) is 36.7 Å². The predicted molar refractivity (Wildman–Crippen MR) is 69.7 cm³/mol. The number of nitrogens with two attached hydrogens (primary N) is 1. The second-order valence-electron chi connectivity index (χ2n) is 5.80. The van der Waals surface area contributed by atoms with Crippen LogP contribution in [0.5, 0.6) is 0 Å². The van der Waals surface area contributed by atoms with Crippen LogP contribution in [0.15, 0.2) is 0 Å². The van der Waals surface area contributed by atoms with Crippen molar-refractivity contribution in [2.24, 2.45) is 5.73 Å². The highest BCUT2D eigenvalue weighted by Gasteiger charge is 2.52. The molecule has 6 nitrogen and oxygen atoms in total. The van der Waals surface area contributed by atoms with E-state index in [0.29, 0.717) is 35.6 Å². The molecule has 0 saturated carbocycles. The first kappa shape index (κ1) is 14.2. The molecule has 2 atom stereocenters. The number of fused-ring (bicyclic) bond motifs is 3. The Hall–Kier alpha value is -1.70. The van der Waals surface area contributed by atoms with Crippen molar-refractivity contribution in [3.63, 3.8) is 0 Å². The van der Waals surface area contributed by atoms with E-state index in [1.807, 2.05) is 0 Å². The zero-order valence-electron chi connectivity index (χ0n) is 11.7. The number of amides is 2. The summed E-state index contributed by atoms with van der Waals surface area (Å²) < 4.78 is 30.9. The topological polar surface area (TPSA) is 84.4 Å². The van der Waals surface area contributed by atoms with E-state index < -0.39 is 24.2 Å². The Morgan fingerprint density at radius 3 is 2.90 bits per heavy atom. The first-order chi connectivity index (χ1) is 9.82. The summed E-state index contributed by atoms with van der Waals surface area (Å²) in [5.41, 5.74) is 5.63. The summed E-state index contributed by atoms with van der Waals surface area (Å²) in [5, 5.41) is 14.0. The van der Waals surface area contributed by atoms with Gasteiger partial charge in [-0.15, -0.1) is 0 Å². The number of aliphatic hydroxyl groups is 1. The molecule has 8 heteroatoms. The van der Waals surface area contributed by atoms with Crippen LogP contribution >= 0.6 is 0 Å². The number of halogens is 2. The minimum atomic E-state index is -3.46. The van der Waals surface area contributed by atoms with Crippen molar-refractivity contribution in [3.8, 4) is 0 Å². The number of carbonyl (C=O) groups excluding carboxylic acids is 1. The van der Waals surface area contributed by atoms with E-state index in [1.165, 1.54) is 11.6 Å². The Balaban J connectivity index is 2.13. The third kappa shape index (κ3) is 2.08. The van der Waals surface area contributed by atoms with Gasteiger partial charge in [0.1, 0.15) is 0 Å². The van der Waals surface area contributed by atoms with Gasteiger partial charge in [0.2, 0.25) is 0 Å². The van der Waals surface area contributed by atoms with Gasteiger partial charge >= 0.3 is 12.1 Å². The molecule has 21 heavy (non-hydrogen) atoms. The van der Waals surface area contributed by atoms with E-state index in [0.717, 1.165) is 0 Å². The number of aliphatic hydroxyl groups excluding tert-OH is 1. The number of nitrogens with zero attached hydrogens (tertiary/aromatic N) is 3. The number of carbonyl (C=O) groups is 1. The summed E-state index contributed by atoms with van der Waals surface area (Å²) in [6.07, 6.45) is 1.24. The normalized spacial score (nSPS) is 27.7. The second kappa shape index (κ2) is 4.66. The van der Waals surface area contributed by atoms with Gasteiger partial charge < -0.3 is 10.8 Å². The van der Waals surface area contributed by atoms with Crippen LogP contribution in [-0.4, -0.2) is 38.0 Å². The highest BCUT2D eigenvalue weighted by atomic mass is 19.3. The quantitative estimate of drug-likeness (QED) is 0.700. The van der Waals surface area contributed by atoms with Crippen molar-refractivity contribution in [2.45, 2.75) is 57.3 Å². The van der Waals surface area contributed by atoms with Crippen LogP contribution in [0.25, 0.3) is 0 Å². The lowest BCUT2D eigenvalue weighted by atomic mass is 9.96. The number of aromatic nitrogens is 2. The van der Waals surface area contributed by atoms with Gasteiger partial charge in [-0.05, 0) is 26.2 Å². The highest BCUT2D eigenvalue weighted by molar-refractivity contribution is 5.74. The van der Waals surface area contributed by atoms with E-state index in [-0.39, 0.29) is 18.5 Å². The lowest BCUT2D eigenvalue weighted by Crippen LogP contribution is -2.55. The molecule has 1 aromatic rings. The highest BCUT2D eigenvalue weighted by Crippen LogP contribution is 2.43. The second-order valence-corrected chi connectivity index (χ2v) is 5.80. The molecular formula is C13H18F2N4O2. The molecule has 0 fully saturated rings. The summed E-state index contributed by atoms with van der Waals surface area (Å²) in [6.45, 7) is 1.74. The number of alkyl halides is 2. The minimum absolute atomic E-state index is 0.200. The number of rotatable bonds is 0. The number of hydrogen-bond donors (Lipinski definition) is 2. The Labute approximate surface area is 120 Å². The minimum Gasteiger partial charge on any atom is -0.391 e. The fraction of sp³-hybridized carbons (Fsp3) is 0.692. The predicted octanol–water partition coefficient (Wildman–Crippen LogP) is 0.955. The maximum Gasteiger partial charge on any atom is 0.360 e. The van der Waals surface area contributed by atoms with E-state index in [2.05, 4.69) is 5.10 Å². The maximum absolute atomic E-state index is 14.7. The summed E-state index contributed by atoms with van der Waals surface area (Å²) >= 11 is 0. The monoisotopic (exact) mass is 300 g/mol. The summed E-state index contributed by atoms with van der Waals surface area (Å²) in [7, 11) is 0. The third-order valence-electron chi connectivity index (χ3n) is 4.24. The molecular weight excluding hydrogens is 282 g/mol. The Bertz CT molecular complexity index is 587. The smallest absolute Gasteiger partial charge is 0.360 e. The molecule has 0 bridgehead atoms. The van der Waals surface area contributed by atoms with Crippen LogP contribution in [-0.2, 0) is 25.4 Å². The largest absolute Gasteiger partial charge is 0.391 e. The lowest BCUT2D eigenvalue weighted by molar-refractivity contribution is -0.149. The average Bonchev–Trinajstić information content (AvgIpc) is 2.56. The average molecular weight is 300 g/mol. The van der Waals surface area contributed by atoms with Crippen molar-refractivity contribution in [3.05, 3.63) is 17.0 Å². The summed E-state index contributed by atoms with van der Waals surface area (Å²) in [4.78, 5) is 11.8. The molecule has 0 aromatic carbocycles. The van der Waals surface area contributed by atoms with E-state index >= 15 is 0 Å². The van der Waals surface area contributed by atoms with Gasteiger partial charge in [-0.1, -0.05) is 0 Å². The van der Waals surface area contributed by atoms with Gasteiger partial charge in [0.05, 0.1) is 29.6 Å². The molecule has 0 spiro atoms. The Morgan fingerprint density at radius 2 is 2.24 bits per heavy atom. The van der Waals surface area contributed by atoms with Crippen LogP contribution in [0.4, 0.5) is 13.6 Å². The van der Waals surface area contributed by atoms with E-state index in [1.54, 1.807) is 0 Å². The lowest BCUT2D eigenvalue weighted by Gasteiger charge is -2.38. The molecule has 2 unspecified atom stereocenters. The first-order valence-corrected chi connectivity index (χ1v) is 7.06. The van der Waals surface area contributed by atoms with E-state index in [9.17, 15) is 18.7 Å². The molecule has 2 amide bonds. The van der Waals surface area contributed by atoms with Gasteiger partial charge in [0.25, 0.3) is 0 Å². The fourth-order valence-electron chi connectivity index (χ4n) is 3.37. The molecule has 3 N–H and O–H groups in total. The van der Waals surface area contributed by atoms with Crippen molar-refractivity contribution < 1.29 is 18.7 Å². The molecule has 3 heterocycles. The number of hydrogen-bond acceptors (Lipinski definition) is 3. The molecule has 0 saturated heterocycles. The van der Waals surface area contributed by atoms with Gasteiger partial charge in [-0.3, -0.25) is 9.58 Å². The summed E-state index contributed by atoms with van der Waals surface area (Å²) in [6, 6.07) is -5.30. The van der Waals surface area contributed by atoms with E-state index in [4.69, 9.17) is 5.73 Å². The van der Waals surface area contributed by atoms with Crippen molar-refractivity contribution >= 4 is 6.03 Å². The molecule has 2 aliphatic heterocycles. The maximum atomic E-state index is 14.7. The molecule has 0 aliphatic carbocycles. The Morgan fingerprint density at radius 1 is 1.52 bits per heavy atom. The standard InChI is InChI=1S/C13H18F2N4O2/c1-7-5-9-11(13(14,15)19(7)12(16)21)10-4-2-3-8(20)6-18(10)17-9/h7-8,20H,2-6H2,1H3,(H2,16,21). The summed E-state index contributed by atoms with van der Waals surface area (Å²) in [5.74, 6) is 0. The molecule has 116 valence electrons. The van der Waals surface area contributed by atoms with Crippen LogP contribution in [0.2, 0.25) is 0 Å². The molecule has 3 rings (SSSR count). The van der Waals surface area contributed by atoms with Crippen LogP contribution in [0, 0.1) is 0 Å². The SMILES string of the molecule is CC1Cc2nn3c(c2C(F)(F)N1C(N)=O)CCCC(O)C3. The van der Waals surface area contributed by atoms with Crippen LogP contribution < -0.4 is 5.73 Å².